The summed E-state index contributed by atoms with van der Waals surface area (Å²) in [6.07, 6.45) is 0. The largest absolute Gasteiger partial charge is 0.308 e. The molecule has 15 rings (SSSR count). The first kappa shape index (κ1) is 36.1. The second kappa shape index (κ2) is 13.6. The maximum atomic E-state index is 5.58. The van der Waals surface area contributed by atoms with E-state index in [0.29, 0.717) is 5.82 Å². The van der Waals surface area contributed by atoms with E-state index in [0.717, 1.165) is 100 Å². The summed E-state index contributed by atoms with van der Waals surface area (Å²) in [6, 6.07) is 77.6. The van der Waals surface area contributed by atoms with Gasteiger partial charge in [-0.1, -0.05) is 127 Å². The highest BCUT2D eigenvalue weighted by Crippen LogP contribution is 2.40. The van der Waals surface area contributed by atoms with E-state index < -0.39 is 0 Å². The van der Waals surface area contributed by atoms with Gasteiger partial charge in [-0.15, -0.1) is 0 Å². The van der Waals surface area contributed by atoms with Crippen LogP contribution in [0.5, 0.6) is 0 Å². The molecule has 0 fully saturated rings. The lowest BCUT2D eigenvalue weighted by atomic mass is 10.1. The highest BCUT2D eigenvalue weighted by molar-refractivity contribution is 6.12. The lowest BCUT2D eigenvalue weighted by molar-refractivity contribution is 0.991. The van der Waals surface area contributed by atoms with Crippen molar-refractivity contribution in [3.8, 4) is 34.4 Å². The Morgan fingerprint density at radius 3 is 1.30 bits per heavy atom. The van der Waals surface area contributed by atoms with Gasteiger partial charge in [0.05, 0.1) is 60.9 Å². The van der Waals surface area contributed by atoms with Gasteiger partial charge in [-0.05, 0) is 84.9 Å². The van der Waals surface area contributed by atoms with E-state index >= 15 is 0 Å². The number of nitrogens with zero attached hydrogens (tertiary/aromatic N) is 8. The van der Waals surface area contributed by atoms with Gasteiger partial charge >= 0.3 is 0 Å². The molecule has 0 atom stereocenters. The summed E-state index contributed by atoms with van der Waals surface area (Å²) in [5, 5.41) is 7.00. The fraction of sp³-hybridized carbons (Fsp3) is 0. The molecule has 0 bridgehead atoms. The molecule has 9 aromatic carbocycles. The van der Waals surface area contributed by atoms with Gasteiger partial charge < -0.3 is 4.57 Å². The van der Waals surface area contributed by atoms with Gasteiger partial charge in [-0.2, -0.15) is 0 Å². The van der Waals surface area contributed by atoms with E-state index in [2.05, 4.69) is 241 Å². The van der Waals surface area contributed by atoms with Gasteiger partial charge in [0.2, 0.25) is 5.78 Å². The summed E-state index contributed by atoms with van der Waals surface area (Å²) in [5.74, 6) is 3.09. The monoisotopic (exact) mass is 856 g/mol. The van der Waals surface area contributed by atoms with Crippen molar-refractivity contribution in [1.29, 1.82) is 0 Å². The van der Waals surface area contributed by atoms with Crippen molar-refractivity contribution in [1.82, 2.24) is 37.6 Å². The van der Waals surface area contributed by atoms with Gasteiger partial charge in [0.25, 0.3) is 0 Å². The molecule has 6 heterocycles. The highest BCUT2D eigenvalue weighted by atomic mass is 15.2. The summed E-state index contributed by atoms with van der Waals surface area (Å²) >= 11 is 0. The Kier molecular flexibility index (Phi) is 7.34. The molecule has 0 aliphatic rings. The molecule has 0 aliphatic heterocycles. The maximum absolute atomic E-state index is 5.58. The number of hydrogen-bond donors (Lipinski definition) is 0. The fourth-order valence-corrected chi connectivity index (χ4v) is 10.9. The average molecular weight is 857 g/mol. The standard InChI is InChI=1S/C59H36N8/c1-9-25-47-38(17-1)39-18-2-10-26-48(39)65(47)56-36-57(66-49-27-11-3-19-40(49)41-20-4-12-28-50(41)66)62-58(61-56)43-22-6-13-29-51(43)64-46-24-8-5-21-42(46)44-35-37(33-34-52(44)64)63-54-31-15-16-32-55(54)67-53-30-14-7-23-45(53)60-59(63)67/h1-36H. The molecule has 0 unspecified atom stereocenters. The third-order valence-corrected chi connectivity index (χ3v) is 13.7. The van der Waals surface area contributed by atoms with Crippen molar-refractivity contribution in [3.63, 3.8) is 0 Å². The van der Waals surface area contributed by atoms with Crippen molar-refractivity contribution in [3.05, 3.63) is 218 Å². The molecule has 6 aromatic heterocycles. The molecule has 0 saturated carbocycles. The molecule has 0 saturated heterocycles. The van der Waals surface area contributed by atoms with Gasteiger partial charge in [-0.25, -0.2) is 15.0 Å². The van der Waals surface area contributed by atoms with Crippen molar-refractivity contribution >= 4 is 93.3 Å². The van der Waals surface area contributed by atoms with Crippen LogP contribution in [0, 0.1) is 0 Å². The number of fused-ring (bicyclic) bond motifs is 14. The molecule has 8 nitrogen and oxygen atoms in total. The Balaban J connectivity index is 0.998. The first-order chi connectivity index (χ1) is 33.3. The smallest absolute Gasteiger partial charge is 0.220 e. The molecular weight excluding hydrogens is 821 g/mol. The van der Waals surface area contributed by atoms with Gasteiger partial charge in [0.1, 0.15) is 11.6 Å². The van der Waals surface area contributed by atoms with Gasteiger partial charge in [0.15, 0.2) is 5.82 Å². The number of imidazole rings is 2. The quantitative estimate of drug-likeness (QED) is 0.173. The van der Waals surface area contributed by atoms with Crippen molar-refractivity contribution in [2.24, 2.45) is 0 Å². The Morgan fingerprint density at radius 2 is 0.716 bits per heavy atom. The Morgan fingerprint density at radius 1 is 0.284 bits per heavy atom. The van der Waals surface area contributed by atoms with E-state index in [1.807, 2.05) is 0 Å². The van der Waals surface area contributed by atoms with Crippen LogP contribution in [0.4, 0.5) is 0 Å². The minimum atomic E-state index is 0.627. The summed E-state index contributed by atoms with van der Waals surface area (Å²) < 4.78 is 11.5. The Hall–Kier alpha value is -9.27. The molecule has 0 amide bonds. The van der Waals surface area contributed by atoms with E-state index in [9.17, 15) is 0 Å². The van der Waals surface area contributed by atoms with Gasteiger partial charge in [-0.3, -0.25) is 18.1 Å². The molecule has 0 spiro atoms. The summed E-state index contributed by atoms with van der Waals surface area (Å²) in [4.78, 5) is 16.4. The molecule has 312 valence electrons. The second-order valence-corrected chi connectivity index (χ2v) is 17.3. The number of rotatable bonds is 5. The number of hydrogen-bond acceptors (Lipinski definition) is 3. The summed E-state index contributed by atoms with van der Waals surface area (Å²) in [7, 11) is 0. The van der Waals surface area contributed by atoms with Crippen LogP contribution in [0.3, 0.4) is 0 Å². The van der Waals surface area contributed by atoms with E-state index in [4.69, 9.17) is 15.0 Å². The minimum Gasteiger partial charge on any atom is -0.308 e. The molecular formula is C59H36N8. The second-order valence-electron chi connectivity index (χ2n) is 17.3. The molecule has 15 aromatic rings. The molecule has 8 heteroatoms. The van der Waals surface area contributed by atoms with Crippen LogP contribution >= 0.6 is 0 Å². The highest BCUT2D eigenvalue weighted by Gasteiger charge is 2.23. The topological polar surface area (TPSA) is 62.8 Å². The molecule has 0 N–H and O–H groups in total. The molecule has 0 radical (unpaired) electrons. The molecule has 0 aliphatic carbocycles. The normalized spacial score (nSPS) is 12.2. The number of benzene rings is 9. The average Bonchev–Trinajstić information content (AvgIpc) is 4.18. The summed E-state index contributed by atoms with van der Waals surface area (Å²) in [6.45, 7) is 0. The first-order valence-corrected chi connectivity index (χ1v) is 22.6. The SMILES string of the molecule is c1ccc(-n2c3ccccc3c3cc(-n4c5ccccc5n5c6ccccc6nc45)ccc32)c(-c2nc(-n3c4ccccc4c4ccccc43)cc(-n3c4ccccc4c4ccccc43)n2)c1. The zero-order valence-electron chi connectivity index (χ0n) is 35.9. The summed E-state index contributed by atoms with van der Waals surface area (Å²) in [5.41, 5.74) is 13.8. The Labute approximate surface area is 382 Å². The van der Waals surface area contributed by atoms with E-state index in [-0.39, 0.29) is 0 Å². The predicted octanol–water partition coefficient (Wildman–Crippen LogP) is 14.2. The van der Waals surface area contributed by atoms with E-state index in [1.165, 1.54) is 21.5 Å². The number of aromatic nitrogens is 8. The lowest BCUT2D eigenvalue weighted by Gasteiger charge is -2.17. The van der Waals surface area contributed by atoms with Gasteiger partial charge in [0, 0.05) is 49.6 Å². The van der Waals surface area contributed by atoms with E-state index in [1.54, 1.807) is 0 Å². The van der Waals surface area contributed by atoms with Crippen LogP contribution in [0.2, 0.25) is 0 Å². The zero-order chi connectivity index (χ0) is 43.7. The zero-order valence-corrected chi connectivity index (χ0v) is 35.9. The minimum absolute atomic E-state index is 0.627. The van der Waals surface area contributed by atoms with Crippen LogP contribution in [0.1, 0.15) is 0 Å². The first-order valence-electron chi connectivity index (χ1n) is 22.6. The fourth-order valence-electron chi connectivity index (χ4n) is 10.9. The van der Waals surface area contributed by atoms with Crippen LogP contribution in [-0.2, 0) is 0 Å². The predicted molar refractivity (Wildman–Crippen MR) is 274 cm³/mol. The maximum Gasteiger partial charge on any atom is 0.220 e. The van der Waals surface area contributed by atoms with Crippen molar-refractivity contribution in [2.45, 2.75) is 0 Å². The number of para-hydroxylation sites is 10. The molecule has 67 heavy (non-hydrogen) atoms. The van der Waals surface area contributed by atoms with Crippen LogP contribution in [-0.4, -0.2) is 37.6 Å². The Bertz CT molecular complexity index is 4300. The van der Waals surface area contributed by atoms with Crippen LogP contribution in [0.25, 0.3) is 128 Å². The van der Waals surface area contributed by atoms with Crippen LogP contribution in [0.15, 0.2) is 218 Å². The van der Waals surface area contributed by atoms with Crippen molar-refractivity contribution < 1.29 is 0 Å². The third kappa shape index (κ3) is 5.03. The van der Waals surface area contributed by atoms with Crippen molar-refractivity contribution in [2.75, 3.05) is 0 Å². The van der Waals surface area contributed by atoms with Crippen LogP contribution < -0.4 is 0 Å². The third-order valence-electron chi connectivity index (χ3n) is 13.7. The lowest BCUT2D eigenvalue weighted by Crippen LogP contribution is -2.07.